The van der Waals surface area contributed by atoms with Crippen LogP contribution in [0.5, 0.6) is 0 Å². The highest BCUT2D eigenvalue weighted by Gasteiger charge is 2.52. The van der Waals surface area contributed by atoms with E-state index in [2.05, 4.69) is 4.90 Å². The average Bonchev–Trinajstić information content (AvgIpc) is 3.11. The van der Waals surface area contributed by atoms with Crippen molar-refractivity contribution >= 4 is 23.3 Å². The van der Waals surface area contributed by atoms with E-state index in [1.165, 1.54) is 22.3 Å². The van der Waals surface area contributed by atoms with Crippen molar-refractivity contribution in [3.63, 3.8) is 0 Å². The molecule has 1 aliphatic carbocycles. The van der Waals surface area contributed by atoms with Crippen LogP contribution < -0.4 is 0 Å². The lowest BCUT2D eigenvalue weighted by Gasteiger charge is -2.48. The molecule has 0 N–H and O–H groups in total. The Kier molecular flexibility index (Phi) is 5.14. The molecule has 7 heteroatoms. The Balaban J connectivity index is 1.74. The monoisotopic (exact) mass is 396 g/mol. The summed E-state index contributed by atoms with van der Waals surface area (Å²) in [7, 11) is 4.06. The number of thiophene rings is 1. The van der Waals surface area contributed by atoms with Crippen molar-refractivity contribution in [3.8, 4) is 0 Å². The molecule has 0 aromatic carbocycles. The van der Waals surface area contributed by atoms with Gasteiger partial charge in [0, 0.05) is 17.8 Å². The summed E-state index contributed by atoms with van der Waals surface area (Å²) in [6.45, 7) is 5.82. The molecule has 1 aromatic rings. The Bertz CT molecular complexity index is 730. The fraction of sp³-hybridized carbons (Fsp3) is 0.700. The van der Waals surface area contributed by atoms with Crippen molar-refractivity contribution < 1.29 is 18.7 Å². The lowest BCUT2D eigenvalue weighted by Crippen LogP contribution is -2.47. The number of carbonyl (C=O) groups is 2. The Labute approximate surface area is 164 Å². The minimum absolute atomic E-state index is 0.149. The quantitative estimate of drug-likeness (QED) is 0.745. The molecular formula is C20H29FN2O3S. The van der Waals surface area contributed by atoms with Crippen molar-refractivity contribution in [1.29, 1.82) is 0 Å². The van der Waals surface area contributed by atoms with Crippen molar-refractivity contribution in [2.45, 2.75) is 64.0 Å². The van der Waals surface area contributed by atoms with Gasteiger partial charge >= 0.3 is 6.09 Å². The van der Waals surface area contributed by atoms with Crippen LogP contribution in [0.3, 0.4) is 0 Å². The van der Waals surface area contributed by atoms with Gasteiger partial charge in [0.25, 0.3) is 0 Å². The highest BCUT2D eigenvalue weighted by molar-refractivity contribution is 7.10. The number of rotatable bonds is 2. The third-order valence-electron chi connectivity index (χ3n) is 5.96. The number of nitrogens with zero attached hydrogens (tertiary/aromatic N) is 2. The van der Waals surface area contributed by atoms with E-state index in [0.29, 0.717) is 13.0 Å². The molecule has 3 rings (SSSR count). The number of amides is 2. The van der Waals surface area contributed by atoms with Crippen molar-refractivity contribution in [1.82, 2.24) is 9.80 Å². The molecule has 150 valence electrons. The largest absolute Gasteiger partial charge is 0.443 e. The number of likely N-dealkylation sites (tertiary alicyclic amines) is 1. The van der Waals surface area contributed by atoms with E-state index in [4.69, 9.17) is 4.74 Å². The van der Waals surface area contributed by atoms with E-state index >= 15 is 0 Å². The molecule has 5 nitrogen and oxygen atoms in total. The maximum atomic E-state index is 13.6. The summed E-state index contributed by atoms with van der Waals surface area (Å²) < 4.78 is 19.0. The predicted octanol–water partition coefficient (Wildman–Crippen LogP) is 4.37. The Morgan fingerprint density at radius 3 is 2.33 bits per heavy atom. The molecule has 2 amide bonds. The molecule has 2 aliphatic rings. The first-order valence-corrected chi connectivity index (χ1v) is 10.2. The summed E-state index contributed by atoms with van der Waals surface area (Å²) >= 11 is 1.20. The van der Waals surface area contributed by atoms with Crippen LogP contribution in [0.4, 0.5) is 9.18 Å². The van der Waals surface area contributed by atoms with Gasteiger partial charge in [0.15, 0.2) is 5.13 Å². The zero-order valence-electron chi connectivity index (χ0n) is 16.8. The molecule has 1 spiro atoms. The number of hydrogen-bond donors (Lipinski definition) is 0. The highest BCUT2D eigenvalue weighted by Crippen LogP contribution is 2.53. The van der Waals surface area contributed by atoms with E-state index in [9.17, 15) is 14.0 Å². The van der Waals surface area contributed by atoms with Gasteiger partial charge in [-0.15, -0.1) is 11.3 Å². The summed E-state index contributed by atoms with van der Waals surface area (Å²) in [6, 6.07) is 3.41. The van der Waals surface area contributed by atoms with Gasteiger partial charge in [-0.05, 0) is 78.1 Å². The molecule has 1 aliphatic heterocycles. The molecule has 0 atom stereocenters. The zero-order valence-corrected chi connectivity index (χ0v) is 17.6. The molecule has 0 unspecified atom stereocenters. The van der Waals surface area contributed by atoms with Gasteiger partial charge < -0.3 is 4.74 Å². The number of ether oxygens (including phenoxy) is 1. The van der Waals surface area contributed by atoms with E-state index in [1.54, 1.807) is 20.8 Å². The third kappa shape index (κ3) is 3.90. The van der Waals surface area contributed by atoms with Gasteiger partial charge in [-0.25, -0.2) is 9.69 Å². The van der Waals surface area contributed by atoms with E-state index in [0.717, 1.165) is 30.6 Å². The number of imide groups is 1. The van der Waals surface area contributed by atoms with Gasteiger partial charge in [0.2, 0.25) is 5.91 Å². The summed E-state index contributed by atoms with van der Waals surface area (Å²) in [4.78, 5) is 29.4. The standard InChI is InChI=1S/C20H29FN2O3S/c1-18(2,3)26-17(25)23-13-19(12-16(23)24)8-10-20(11-9-19,22(4)5)14-6-7-15(21)27-14/h6-7H,8-13H2,1-5H3. The maximum Gasteiger partial charge on any atom is 0.417 e. The second kappa shape index (κ2) is 6.85. The first kappa shape index (κ1) is 20.3. The normalized spacial score (nSPS) is 29.0. The van der Waals surface area contributed by atoms with Crippen LogP contribution in [0.2, 0.25) is 0 Å². The van der Waals surface area contributed by atoms with Crippen LogP contribution in [0.15, 0.2) is 12.1 Å². The second-order valence-corrected chi connectivity index (χ2v) is 10.2. The number of hydrogen-bond acceptors (Lipinski definition) is 5. The number of carbonyl (C=O) groups excluding carboxylic acids is 2. The maximum absolute atomic E-state index is 13.6. The van der Waals surface area contributed by atoms with Crippen LogP contribution in [0, 0.1) is 10.5 Å². The average molecular weight is 397 g/mol. The fourth-order valence-electron chi connectivity index (χ4n) is 4.39. The Morgan fingerprint density at radius 2 is 1.85 bits per heavy atom. The fourth-order valence-corrected chi connectivity index (χ4v) is 5.45. The minimum Gasteiger partial charge on any atom is -0.443 e. The molecular weight excluding hydrogens is 367 g/mol. The molecule has 1 saturated heterocycles. The highest BCUT2D eigenvalue weighted by atomic mass is 32.1. The van der Waals surface area contributed by atoms with Gasteiger partial charge in [-0.3, -0.25) is 9.69 Å². The molecule has 0 radical (unpaired) electrons. The van der Waals surface area contributed by atoms with Crippen LogP contribution in [0.1, 0.15) is 57.8 Å². The lowest BCUT2D eigenvalue weighted by molar-refractivity contribution is -0.127. The zero-order chi connectivity index (χ0) is 20.0. The van der Waals surface area contributed by atoms with E-state index < -0.39 is 11.7 Å². The summed E-state index contributed by atoms with van der Waals surface area (Å²) in [6.07, 6.45) is 3.18. The first-order valence-electron chi connectivity index (χ1n) is 9.43. The second-order valence-electron chi connectivity index (χ2n) is 9.17. The van der Waals surface area contributed by atoms with Gasteiger partial charge in [-0.1, -0.05) is 0 Å². The smallest absolute Gasteiger partial charge is 0.417 e. The van der Waals surface area contributed by atoms with E-state index in [-0.39, 0.29) is 22.0 Å². The molecule has 1 saturated carbocycles. The summed E-state index contributed by atoms with van der Waals surface area (Å²) in [5.41, 5.74) is -1.02. The van der Waals surface area contributed by atoms with Crippen LogP contribution in [0.25, 0.3) is 0 Å². The summed E-state index contributed by atoms with van der Waals surface area (Å²) in [5, 5.41) is -0.168. The molecule has 2 fully saturated rings. The first-order chi connectivity index (χ1) is 12.5. The molecule has 2 heterocycles. The predicted molar refractivity (Wildman–Crippen MR) is 103 cm³/mol. The van der Waals surface area contributed by atoms with Crippen molar-refractivity contribution in [2.24, 2.45) is 5.41 Å². The van der Waals surface area contributed by atoms with Gasteiger partial charge in [-0.2, -0.15) is 4.39 Å². The van der Waals surface area contributed by atoms with Crippen molar-refractivity contribution in [2.75, 3.05) is 20.6 Å². The molecule has 1 aromatic heterocycles. The van der Waals surface area contributed by atoms with Crippen LogP contribution in [-0.4, -0.2) is 48.0 Å². The Hall–Kier alpha value is -1.47. The SMILES string of the molecule is CN(C)C1(c2ccc(F)s2)CCC2(CC1)CC(=O)N(C(=O)OC(C)(C)C)C2. The van der Waals surface area contributed by atoms with Crippen molar-refractivity contribution in [3.05, 3.63) is 22.1 Å². The van der Waals surface area contributed by atoms with Gasteiger partial charge in [0.05, 0.1) is 5.54 Å². The van der Waals surface area contributed by atoms with Crippen LogP contribution >= 0.6 is 11.3 Å². The molecule has 27 heavy (non-hydrogen) atoms. The van der Waals surface area contributed by atoms with Crippen LogP contribution in [-0.2, 0) is 15.1 Å². The third-order valence-corrected chi connectivity index (χ3v) is 7.03. The summed E-state index contributed by atoms with van der Waals surface area (Å²) in [5.74, 6) is -0.149. The molecule has 0 bridgehead atoms. The Morgan fingerprint density at radius 1 is 1.22 bits per heavy atom. The van der Waals surface area contributed by atoms with Gasteiger partial charge in [0.1, 0.15) is 5.60 Å². The topological polar surface area (TPSA) is 49.9 Å². The minimum atomic E-state index is -0.622. The van der Waals surface area contributed by atoms with E-state index in [1.807, 2.05) is 20.2 Å². The number of halogens is 1. The lowest BCUT2D eigenvalue weighted by atomic mass is 9.66.